The van der Waals surface area contributed by atoms with Crippen LogP contribution < -0.4 is 5.32 Å². The Kier molecular flexibility index (Phi) is 2.50. The number of aliphatic imine (C=N–C) groups is 1. The van der Waals surface area contributed by atoms with Gasteiger partial charge in [-0.2, -0.15) is 0 Å². The Morgan fingerprint density at radius 2 is 2.19 bits per heavy atom. The van der Waals surface area contributed by atoms with E-state index in [1.807, 2.05) is 0 Å². The zero-order valence-electron chi connectivity index (χ0n) is 8.93. The Hall–Kier alpha value is -1.71. The number of hydrogen-bond donors (Lipinski definition) is 1. The molecule has 0 radical (unpaired) electrons. The van der Waals surface area contributed by atoms with Gasteiger partial charge >= 0.3 is 0 Å². The van der Waals surface area contributed by atoms with Gasteiger partial charge in [-0.05, 0) is 24.6 Å². The van der Waals surface area contributed by atoms with E-state index in [1.54, 1.807) is 24.5 Å². The fourth-order valence-electron chi connectivity index (χ4n) is 1.66. The third kappa shape index (κ3) is 2.27. The number of benzene rings is 1. The van der Waals surface area contributed by atoms with E-state index in [1.165, 1.54) is 0 Å². The van der Waals surface area contributed by atoms with Gasteiger partial charge in [0, 0.05) is 17.7 Å². The predicted molar refractivity (Wildman–Crippen MR) is 61.1 cm³/mol. The van der Waals surface area contributed by atoms with E-state index in [9.17, 15) is 8.78 Å². The summed E-state index contributed by atoms with van der Waals surface area (Å²) in [7, 11) is 0. The van der Waals surface area contributed by atoms with E-state index in [0.717, 1.165) is 18.2 Å². The van der Waals surface area contributed by atoms with Gasteiger partial charge in [-0.25, -0.2) is 13.8 Å². The first-order valence-electron chi connectivity index (χ1n) is 4.95. The van der Waals surface area contributed by atoms with Crippen molar-refractivity contribution in [2.75, 3.05) is 0 Å². The second-order valence-electron chi connectivity index (χ2n) is 3.98. The Balaban J connectivity index is 2.35. The maximum atomic E-state index is 12.9. The van der Waals surface area contributed by atoms with Crippen molar-refractivity contribution in [3.63, 3.8) is 0 Å². The average molecular weight is 222 g/mol. The Labute approximate surface area is 92.7 Å². The van der Waals surface area contributed by atoms with Crippen molar-refractivity contribution in [3.05, 3.63) is 35.9 Å². The molecule has 1 aromatic rings. The molecule has 16 heavy (non-hydrogen) atoms. The van der Waals surface area contributed by atoms with Crippen LogP contribution in [0.25, 0.3) is 5.70 Å². The van der Waals surface area contributed by atoms with E-state index in [2.05, 4.69) is 16.9 Å². The summed E-state index contributed by atoms with van der Waals surface area (Å²) in [5, 5.41) is 2.85. The summed E-state index contributed by atoms with van der Waals surface area (Å²) in [6.45, 7) is 4.72. The molecule has 0 aliphatic carbocycles. The lowest BCUT2D eigenvalue weighted by atomic mass is 10.0. The standard InChI is InChI=1S/C12H12F2N2/c1-8-10-5-9(6-12(2,13)14)3-4-11(10)16-7-15-8/h3-5,7H,1,6H2,2H3,(H,15,16). The van der Waals surface area contributed by atoms with Gasteiger partial charge in [0.05, 0.1) is 12.0 Å². The van der Waals surface area contributed by atoms with Crippen molar-refractivity contribution in [2.45, 2.75) is 19.3 Å². The lowest BCUT2D eigenvalue weighted by molar-refractivity contribution is 0.0226. The molecule has 2 nitrogen and oxygen atoms in total. The van der Waals surface area contributed by atoms with Crippen LogP contribution in [0.1, 0.15) is 18.1 Å². The van der Waals surface area contributed by atoms with Gasteiger partial charge in [-0.3, -0.25) is 0 Å². The number of nitrogens with zero attached hydrogens (tertiary/aromatic N) is 1. The van der Waals surface area contributed by atoms with Gasteiger partial charge in [-0.15, -0.1) is 0 Å². The van der Waals surface area contributed by atoms with Crippen LogP contribution in [0.4, 0.5) is 14.5 Å². The molecule has 0 fully saturated rings. The molecule has 0 bridgehead atoms. The highest BCUT2D eigenvalue weighted by Gasteiger charge is 2.22. The molecule has 1 heterocycles. The van der Waals surface area contributed by atoms with Gasteiger partial charge in [-0.1, -0.05) is 12.6 Å². The fourth-order valence-corrected chi connectivity index (χ4v) is 1.66. The Bertz CT molecular complexity index is 459. The summed E-state index contributed by atoms with van der Waals surface area (Å²) in [6.07, 6.45) is 1.27. The maximum Gasteiger partial charge on any atom is 0.249 e. The SMILES string of the molecule is C=C1NC=Nc2ccc(CC(C)(F)F)cc21. The highest BCUT2D eigenvalue weighted by molar-refractivity contribution is 5.86. The second-order valence-corrected chi connectivity index (χ2v) is 3.98. The van der Waals surface area contributed by atoms with Crippen LogP contribution in [0, 0.1) is 0 Å². The number of hydrogen-bond acceptors (Lipinski definition) is 2. The summed E-state index contributed by atoms with van der Waals surface area (Å²) in [4.78, 5) is 4.10. The molecule has 1 N–H and O–H groups in total. The minimum atomic E-state index is -2.69. The first-order chi connectivity index (χ1) is 7.46. The first kappa shape index (κ1) is 10.8. The molecular weight excluding hydrogens is 210 g/mol. The Morgan fingerprint density at radius 3 is 2.88 bits per heavy atom. The summed E-state index contributed by atoms with van der Waals surface area (Å²) in [5.74, 6) is -2.69. The summed E-state index contributed by atoms with van der Waals surface area (Å²) in [6, 6.07) is 5.11. The third-order valence-electron chi connectivity index (χ3n) is 2.34. The normalized spacial score (nSPS) is 14.6. The molecule has 0 unspecified atom stereocenters. The quantitative estimate of drug-likeness (QED) is 0.816. The van der Waals surface area contributed by atoms with Crippen LogP contribution in [-0.2, 0) is 6.42 Å². The number of alkyl halides is 2. The topological polar surface area (TPSA) is 24.4 Å². The highest BCUT2D eigenvalue weighted by Crippen LogP contribution is 2.29. The molecule has 2 rings (SSSR count). The zero-order valence-corrected chi connectivity index (χ0v) is 8.93. The molecule has 0 saturated heterocycles. The van der Waals surface area contributed by atoms with Crippen LogP contribution in [0.5, 0.6) is 0 Å². The number of halogens is 2. The van der Waals surface area contributed by atoms with E-state index in [-0.39, 0.29) is 6.42 Å². The van der Waals surface area contributed by atoms with Crippen LogP contribution in [-0.4, -0.2) is 12.3 Å². The fraction of sp³-hybridized carbons (Fsp3) is 0.250. The molecular formula is C12H12F2N2. The molecule has 84 valence electrons. The molecule has 0 spiro atoms. The first-order valence-corrected chi connectivity index (χ1v) is 4.95. The molecule has 1 aromatic carbocycles. The van der Waals surface area contributed by atoms with Crippen molar-refractivity contribution in [2.24, 2.45) is 4.99 Å². The number of rotatable bonds is 2. The highest BCUT2D eigenvalue weighted by atomic mass is 19.3. The largest absolute Gasteiger partial charge is 0.346 e. The van der Waals surface area contributed by atoms with Gasteiger partial charge in [0.25, 0.3) is 0 Å². The number of fused-ring (bicyclic) bond motifs is 1. The smallest absolute Gasteiger partial charge is 0.249 e. The monoisotopic (exact) mass is 222 g/mol. The average Bonchev–Trinajstić information content (AvgIpc) is 2.17. The molecule has 1 aliphatic rings. The van der Waals surface area contributed by atoms with Crippen LogP contribution in [0.15, 0.2) is 29.8 Å². The maximum absolute atomic E-state index is 12.9. The van der Waals surface area contributed by atoms with Crippen LogP contribution in [0.2, 0.25) is 0 Å². The van der Waals surface area contributed by atoms with Crippen molar-refractivity contribution in [3.8, 4) is 0 Å². The minimum absolute atomic E-state index is 0.267. The lowest BCUT2D eigenvalue weighted by Gasteiger charge is -2.16. The zero-order chi connectivity index (χ0) is 11.8. The molecule has 0 saturated carbocycles. The van der Waals surface area contributed by atoms with Gasteiger partial charge in [0.1, 0.15) is 0 Å². The van der Waals surface area contributed by atoms with Crippen molar-refractivity contribution in [1.29, 1.82) is 0 Å². The van der Waals surface area contributed by atoms with Crippen molar-refractivity contribution < 1.29 is 8.78 Å². The van der Waals surface area contributed by atoms with Gasteiger partial charge in [0.2, 0.25) is 5.92 Å². The van der Waals surface area contributed by atoms with Crippen LogP contribution >= 0.6 is 0 Å². The summed E-state index contributed by atoms with van der Waals surface area (Å²) < 4.78 is 25.7. The molecule has 1 aliphatic heterocycles. The van der Waals surface area contributed by atoms with Crippen LogP contribution in [0.3, 0.4) is 0 Å². The van der Waals surface area contributed by atoms with Crippen molar-refractivity contribution >= 4 is 17.7 Å². The predicted octanol–water partition coefficient (Wildman–Crippen LogP) is 3.12. The van der Waals surface area contributed by atoms with E-state index in [0.29, 0.717) is 11.3 Å². The number of nitrogens with one attached hydrogen (secondary N) is 1. The third-order valence-corrected chi connectivity index (χ3v) is 2.34. The Morgan fingerprint density at radius 1 is 1.44 bits per heavy atom. The second kappa shape index (κ2) is 3.70. The van der Waals surface area contributed by atoms with E-state index < -0.39 is 5.92 Å². The molecule has 0 atom stereocenters. The molecule has 4 heteroatoms. The van der Waals surface area contributed by atoms with Crippen molar-refractivity contribution in [1.82, 2.24) is 5.32 Å². The van der Waals surface area contributed by atoms with Gasteiger partial charge < -0.3 is 5.32 Å². The summed E-state index contributed by atoms with van der Waals surface area (Å²) in [5.41, 5.74) is 2.81. The van der Waals surface area contributed by atoms with Gasteiger partial charge in [0.15, 0.2) is 0 Å². The lowest BCUT2D eigenvalue weighted by Crippen LogP contribution is -2.15. The minimum Gasteiger partial charge on any atom is -0.346 e. The summed E-state index contributed by atoms with van der Waals surface area (Å²) >= 11 is 0. The molecule has 0 aromatic heterocycles. The molecule has 0 amide bonds. The van der Waals surface area contributed by atoms with E-state index >= 15 is 0 Å². The van der Waals surface area contributed by atoms with E-state index in [4.69, 9.17) is 0 Å².